The summed E-state index contributed by atoms with van der Waals surface area (Å²) in [6.07, 6.45) is 5.74. The first-order valence-corrected chi connectivity index (χ1v) is 4.69. The molecular formula is C10H14O2. The molecule has 1 heterocycles. The molecule has 2 fully saturated rings. The van der Waals surface area contributed by atoms with Crippen molar-refractivity contribution in [3.8, 4) is 0 Å². The molecule has 0 spiro atoms. The Kier molecular flexibility index (Phi) is 1.91. The molecule has 12 heavy (non-hydrogen) atoms. The van der Waals surface area contributed by atoms with Crippen molar-refractivity contribution in [1.82, 2.24) is 0 Å². The van der Waals surface area contributed by atoms with Gasteiger partial charge >= 0.3 is 5.97 Å². The van der Waals surface area contributed by atoms with E-state index in [2.05, 4.69) is 6.58 Å². The molecule has 0 aromatic rings. The zero-order valence-corrected chi connectivity index (χ0v) is 7.21. The first-order chi connectivity index (χ1) is 5.79. The summed E-state index contributed by atoms with van der Waals surface area (Å²) in [7, 11) is 0. The minimum absolute atomic E-state index is 0.0353. The monoisotopic (exact) mass is 166 g/mol. The van der Waals surface area contributed by atoms with Crippen molar-refractivity contribution in [2.75, 3.05) is 0 Å². The fraction of sp³-hybridized carbons (Fsp3) is 0.700. The van der Waals surface area contributed by atoms with Gasteiger partial charge in [0.05, 0.1) is 5.92 Å². The van der Waals surface area contributed by atoms with Crippen LogP contribution in [0.1, 0.15) is 32.1 Å². The normalized spacial score (nSPS) is 35.7. The average Bonchev–Trinajstić information content (AvgIpc) is 2.29. The zero-order valence-electron chi connectivity index (χ0n) is 7.21. The van der Waals surface area contributed by atoms with Crippen LogP contribution in [0.15, 0.2) is 12.3 Å². The molecule has 2 atom stereocenters. The summed E-state index contributed by atoms with van der Waals surface area (Å²) in [5.41, 5.74) is 0. The van der Waals surface area contributed by atoms with E-state index in [1.54, 1.807) is 0 Å². The van der Waals surface area contributed by atoms with E-state index in [9.17, 15) is 4.79 Å². The van der Waals surface area contributed by atoms with E-state index in [1.165, 1.54) is 19.3 Å². The molecule has 1 aliphatic heterocycles. The molecule has 1 saturated carbocycles. The van der Waals surface area contributed by atoms with Crippen LogP contribution in [0.5, 0.6) is 0 Å². The Labute approximate surface area is 72.6 Å². The average molecular weight is 166 g/mol. The summed E-state index contributed by atoms with van der Waals surface area (Å²) in [5.74, 6) is 1.15. The van der Waals surface area contributed by atoms with E-state index in [0.717, 1.165) is 12.8 Å². The third-order valence-corrected chi connectivity index (χ3v) is 2.96. The predicted molar refractivity (Wildman–Crippen MR) is 45.3 cm³/mol. The largest absolute Gasteiger partial charge is 0.431 e. The van der Waals surface area contributed by atoms with Crippen LogP contribution in [0.2, 0.25) is 0 Å². The summed E-state index contributed by atoms with van der Waals surface area (Å²) < 4.78 is 5.03. The van der Waals surface area contributed by atoms with E-state index in [1.807, 2.05) is 0 Å². The minimum atomic E-state index is -0.0353. The van der Waals surface area contributed by atoms with Crippen LogP contribution >= 0.6 is 0 Å². The van der Waals surface area contributed by atoms with Crippen molar-refractivity contribution >= 4 is 5.97 Å². The lowest BCUT2D eigenvalue weighted by Gasteiger charge is -2.09. The van der Waals surface area contributed by atoms with Crippen molar-refractivity contribution in [3.63, 3.8) is 0 Å². The number of carbonyl (C=O) groups excluding carboxylic acids is 1. The van der Waals surface area contributed by atoms with Gasteiger partial charge in [0, 0.05) is 5.92 Å². The number of carbonyl (C=O) groups is 1. The van der Waals surface area contributed by atoms with E-state index in [0.29, 0.717) is 11.7 Å². The van der Waals surface area contributed by atoms with Crippen LogP contribution in [-0.4, -0.2) is 5.97 Å². The Hall–Kier alpha value is -0.790. The highest BCUT2D eigenvalue weighted by Gasteiger charge is 2.40. The summed E-state index contributed by atoms with van der Waals surface area (Å²) in [6.45, 7) is 3.79. The van der Waals surface area contributed by atoms with Gasteiger partial charge < -0.3 is 4.74 Å². The van der Waals surface area contributed by atoms with Crippen LogP contribution in [0.25, 0.3) is 0 Å². The second-order valence-corrected chi connectivity index (χ2v) is 3.74. The molecule has 1 saturated heterocycles. The Morgan fingerprint density at radius 2 is 1.83 bits per heavy atom. The lowest BCUT2D eigenvalue weighted by molar-refractivity contribution is -0.139. The van der Waals surface area contributed by atoms with Crippen molar-refractivity contribution < 1.29 is 9.53 Å². The quantitative estimate of drug-likeness (QED) is 0.516. The maximum Gasteiger partial charge on any atom is 0.314 e. The topological polar surface area (TPSA) is 26.3 Å². The number of allylic oxidation sites excluding steroid dienone is 1. The van der Waals surface area contributed by atoms with Gasteiger partial charge in [-0.15, -0.1) is 0 Å². The molecule has 0 aromatic carbocycles. The standard InChI is InChI=1S/C10H14O2/c1-7-8-5-3-2-4-6-9(8)10(11)12-7/h8-9H,1-6H2. The summed E-state index contributed by atoms with van der Waals surface area (Å²) in [6, 6.07) is 0. The van der Waals surface area contributed by atoms with Gasteiger partial charge in [-0.25, -0.2) is 0 Å². The number of rotatable bonds is 0. The predicted octanol–water partition coefficient (Wildman–Crippen LogP) is 2.25. The molecule has 0 radical (unpaired) electrons. The third-order valence-electron chi connectivity index (χ3n) is 2.96. The smallest absolute Gasteiger partial charge is 0.314 e. The highest BCUT2D eigenvalue weighted by Crippen LogP contribution is 2.39. The van der Waals surface area contributed by atoms with Crippen LogP contribution in [-0.2, 0) is 9.53 Å². The Balaban J connectivity index is 2.17. The van der Waals surface area contributed by atoms with E-state index in [4.69, 9.17) is 4.74 Å². The van der Waals surface area contributed by atoms with Crippen molar-refractivity contribution in [1.29, 1.82) is 0 Å². The van der Waals surface area contributed by atoms with Crippen molar-refractivity contribution in [2.24, 2.45) is 11.8 Å². The van der Waals surface area contributed by atoms with Gasteiger partial charge in [0.15, 0.2) is 0 Å². The van der Waals surface area contributed by atoms with Crippen LogP contribution < -0.4 is 0 Å². The van der Waals surface area contributed by atoms with Gasteiger partial charge in [-0.1, -0.05) is 25.8 Å². The van der Waals surface area contributed by atoms with E-state index in [-0.39, 0.29) is 11.9 Å². The Morgan fingerprint density at radius 3 is 2.58 bits per heavy atom. The Morgan fingerprint density at radius 1 is 1.17 bits per heavy atom. The van der Waals surface area contributed by atoms with Crippen LogP contribution in [0.3, 0.4) is 0 Å². The fourth-order valence-electron chi connectivity index (χ4n) is 2.26. The first-order valence-electron chi connectivity index (χ1n) is 4.69. The number of fused-ring (bicyclic) bond motifs is 1. The fourth-order valence-corrected chi connectivity index (χ4v) is 2.26. The SMILES string of the molecule is C=C1OC(=O)C2CCCCCC12. The molecular weight excluding hydrogens is 152 g/mol. The maximum atomic E-state index is 11.3. The number of ether oxygens (including phenoxy) is 1. The van der Waals surface area contributed by atoms with Crippen molar-refractivity contribution in [2.45, 2.75) is 32.1 Å². The molecule has 2 nitrogen and oxygen atoms in total. The summed E-state index contributed by atoms with van der Waals surface area (Å²) in [4.78, 5) is 11.3. The second kappa shape index (κ2) is 2.92. The van der Waals surface area contributed by atoms with Crippen molar-refractivity contribution in [3.05, 3.63) is 12.3 Å². The van der Waals surface area contributed by atoms with Crippen LogP contribution in [0.4, 0.5) is 0 Å². The number of esters is 1. The summed E-state index contributed by atoms with van der Waals surface area (Å²) >= 11 is 0. The Bertz CT molecular complexity index is 198. The highest BCUT2D eigenvalue weighted by atomic mass is 16.5. The van der Waals surface area contributed by atoms with Gasteiger partial charge in [0.1, 0.15) is 5.76 Å². The number of cyclic esters (lactones) is 1. The molecule has 0 aromatic heterocycles. The van der Waals surface area contributed by atoms with Gasteiger partial charge in [0.25, 0.3) is 0 Å². The maximum absolute atomic E-state index is 11.3. The molecule has 0 bridgehead atoms. The summed E-state index contributed by atoms with van der Waals surface area (Å²) in [5, 5.41) is 0. The van der Waals surface area contributed by atoms with Gasteiger partial charge in [-0.2, -0.15) is 0 Å². The van der Waals surface area contributed by atoms with Crippen LogP contribution in [0, 0.1) is 11.8 Å². The first kappa shape index (κ1) is 7.84. The molecule has 66 valence electrons. The number of hydrogen-bond donors (Lipinski definition) is 0. The second-order valence-electron chi connectivity index (χ2n) is 3.74. The molecule has 0 amide bonds. The molecule has 2 heteroatoms. The van der Waals surface area contributed by atoms with Gasteiger partial charge in [-0.05, 0) is 12.8 Å². The molecule has 2 rings (SSSR count). The molecule has 2 aliphatic rings. The van der Waals surface area contributed by atoms with Gasteiger partial charge in [0.2, 0.25) is 0 Å². The number of hydrogen-bond acceptors (Lipinski definition) is 2. The van der Waals surface area contributed by atoms with E-state index < -0.39 is 0 Å². The lowest BCUT2D eigenvalue weighted by atomic mass is 9.89. The molecule has 2 unspecified atom stereocenters. The molecule has 0 N–H and O–H groups in total. The van der Waals surface area contributed by atoms with Gasteiger partial charge in [-0.3, -0.25) is 4.79 Å². The zero-order chi connectivity index (χ0) is 8.55. The lowest BCUT2D eigenvalue weighted by Crippen LogP contribution is -2.13. The highest BCUT2D eigenvalue weighted by molar-refractivity contribution is 5.77. The minimum Gasteiger partial charge on any atom is -0.431 e. The molecule has 1 aliphatic carbocycles. The third kappa shape index (κ3) is 1.15. The van der Waals surface area contributed by atoms with E-state index >= 15 is 0 Å².